The van der Waals surface area contributed by atoms with Crippen LogP contribution < -0.4 is 4.74 Å². The van der Waals surface area contributed by atoms with Crippen molar-refractivity contribution >= 4 is 17.4 Å². The maximum Gasteiger partial charge on any atom is 0.318 e. The lowest BCUT2D eigenvalue weighted by atomic mass is 10.3. The number of nitro groups is 1. The van der Waals surface area contributed by atoms with Gasteiger partial charge in [-0.25, -0.2) is 0 Å². The van der Waals surface area contributed by atoms with Gasteiger partial charge in [0.25, 0.3) is 0 Å². The van der Waals surface area contributed by atoms with Crippen molar-refractivity contribution in [3.8, 4) is 17.3 Å². The van der Waals surface area contributed by atoms with Gasteiger partial charge in [0.05, 0.1) is 23.2 Å². The molecule has 8 nitrogen and oxygen atoms in total. The predicted molar refractivity (Wildman–Crippen MR) is 82.4 cm³/mol. The number of benzene rings is 1. The van der Waals surface area contributed by atoms with E-state index in [-0.39, 0.29) is 10.6 Å². The summed E-state index contributed by atoms with van der Waals surface area (Å²) in [5, 5.41) is 19.5. The number of hydrogen-bond acceptors (Lipinski definition) is 7. The largest absolute Gasteiger partial charge is 0.497 e. The van der Waals surface area contributed by atoms with Gasteiger partial charge in [0.2, 0.25) is 5.82 Å². The van der Waals surface area contributed by atoms with Crippen LogP contribution in [0, 0.1) is 15.9 Å². The zero-order chi connectivity index (χ0) is 17.3. The summed E-state index contributed by atoms with van der Waals surface area (Å²) in [6.07, 6.45) is 1.50. The number of hydrogen-bond donors (Lipinski definition) is 0. The number of halogens is 1. The first-order valence-corrected chi connectivity index (χ1v) is 7.46. The summed E-state index contributed by atoms with van der Waals surface area (Å²) >= 11 is 0.917. The third-order valence-corrected chi connectivity index (χ3v) is 4.27. The number of rotatable bonds is 5. The molecule has 0 aliphatic carbocycles. The number of ether oxygens (including phenoxy) is 1. The monoisotopic (exact) mass is 350 g/mol. The van der Waals surface area contributed by atoms with Gasteiger partial charge < -0.3 is 13.7 Å². The standard InChI is InChI=1S/C14H11FN4O4S/c1-18-13(10-4-3-5-23-10)16-17-14(18)24-11-7-8(22-2)6-9(15)12(11)19(20)21/h3-7H,1-2H3. The van der Waals surface area contributed by atoms with Crippen molar-refractivity contribution < 1.29 is 18.5 Å². The first kappa shape index (κ1) is 16.0. The molecule has 0 aliphatic heterocycles. The molecule has 0 bridgehead atoms. The molecule has 0 aliphatic rings. The molecule has 1 aromatic carbocycles. The van der Waals surface area contributed by atoms with E-state index in [2.05, 4.69) is 10.2 Å². The zero-order valence-electron chi connectivity index (χ0n) is 12.6. The minimum Gasteiger partial charge on any atom is -0.497 e. The van der Waals surface area contributed by atoms with Crippen LogP contribution in [0.5, 0.6) is 5.75 Å². The summed E-state index contributed by atoms with van der Waals surface area (Å²) in [5.74, 6) is 0.154. The highest BCUT2D eigenvalue weighted by atomic mass is 32.2. The van der Waals surface area contributed by atoms with Gasteiger partial charge in [0, 0.05) is 19.2 Å². The highest BCUT2D eigenvalue weighted by molar-refractivity contribution is 7.99. The van der Waals surface area contributed by atoms with Gasteiger partial charge in [0.1, 0.15) is 5.75 Å². The normalized spacial score (nSPS) is 10.8. The van der Waals surface area contributed by atoms with Crippen molar-refractivity contribution in [2.75, 3.05) is 7.11 Å². The number of nitro benzene ring substituents is 1. The van der Waals surface area contributed by atoms with E-state index >= 15 is 0 Å². The Labute approximate surface area is 139 Å². The van der Waals surface area contributed by atoms with Gasteiger partial charge in [-0.2, -0.15) is 4.39 Å². The molecule has 0 radical (unpaired) electrons. The summed E-state index contributed by atoms with van der Waals surface area (Å²) in [6, 6.07) is 5.77. The maximum atomic E-state index is 14.0. The fourth-order valence-corrected chi connectivity index (χ4v) is 2.99. The molecule has 3 rings (SSSR count). The highest BCUT2D eigenvalue weighted by Crippen LogP contribution is 2.39. The molecule has 0 unspecified atom stereocenters. The molecular formula is C14H11FN4O4S. The Balaban J connectivity index is 2.03. The van der Waals surface area contributed by atoms with Crippen LogP contribution in [0.4, 0.5) is 10.1 Å². The first-order chi connectivity index (χ1) is 11.5. The van der Waals surface area contributed by atoms with Crippen LogP contribution in [0.1, 0.15) is 0 Å². The Hall–Kier alpha value is -2.88. The maximum absolute atomic E-state index is 14.0. The highest BCUT2D eigenvalue weighted by Gasteiger charge is 2.25. The van der Waals surface area contributed by atoms with Gasteiger partial charge >= 0.3 is 5.69 Å². The lowest BCUT2D eigenvalue weighted by Gasteiger charge is -2.06. The van der Waals surface area contributed by atoms with Gasteiger partial charge in [-0.05, 0) is 23.9 Å². The van der Waals surface area contributed by atoms with E-state index in [0.717, 1.165) is 17.8 Å². The summed E-state index contributed by atoms with van der Waals surface area (Å²) in [5.41, 5.74) is -0.636. The van der Waals surface area contributed by atoms with Crippen molar-refractivity contribution in [1.29, 1.82) is 0 Å². The first-order valence-electron chi connectivity index (χ1n) is 6.64. The predicted octanol–water partition coefficient (Wildman–Crippen LogP) is 3.28. The van der Waals surface area contributed by atoms with Crippen LogP contribution >= 0.6 is 11.8 Å². The van der Waals surface area contributed by atoms with Crippen molar-refractivity contribution in [2.45, 2.75) is 10.1 Å². The lowest BCUT2D eigenvalue weighted by molar-refractivity contribution is -0.390. The van der Waals surface area contributed by atoms with Crippen LogP contribution in [0.3, 0.4) is 0 Å². The van der Waals surface area contributed by atoms with Crippen LogP contribution in [-0.4, -0.2) is 26.8 Å². The molecule has 3 aromatic rings. The fourth-order valence-electron chi connectivity index (χ4n) is 2.05. The van der Waals surface area contributed by atoms with Gasteiger partial charge in [-0.1, -0.05) is 0 Å². The number of methoxy groups -OCH3 is 1. The number of aromatic nitrogens is 3. The zero-order valence-corrected chi connectivity index (χ0v) is 13.4. The third kappa shape index (κ3) is 2.83. The Morgan fingerprint density at radius 1 is 1.42 bits per heavy atom. The molecule has 0 fully saturated rings. The SMILES string of the molecule is COc1cc(F)c([N+](=O)[O-])c(Sc2nnc(-c3ccco3)n2C)c1. The van der Waals surface area contributed by atoms with E-state index in [1.54, 1.807) is 23.7 Å². The van der Waals surface area contributed by atoms with Crippen molar-refractivity contribution in [2.24, 2.45) is 7.05 Å². The summed E-state index contributed by atoms with van der Waals surface area (Å²) in [6.45, 7) is 0. The smallest absolute Gasteiger partial charge is 0.318 e. The molecule has 124 valence electrons. The number of nitrogens with zero attached hydrogens (tertiary/aromatic N) is 4. The van der Waals surface area contributed by atoms with Crippen molar-refractivity contribution in [1.82, 2.24) is 14.8 Å². The quantitative estimate of drug-likeness (QED) is 0.514. The summed E-state index contributed by atoms with van der Waals surface area (Å²) in [7, 11) is 3.04. The summed E-state index contributed by atoms with van der Waals surface area (Å²) in [4.78, 5) is 10.5. The molecular weight excluding hydrogens is 339 g/mol. The van der Waals surface area contributed by atoms with Gasteiger partial charge in [-0.3, -0.25) is 10.1 Å². The average molecular weight is 350 g/mol. The molecule has 0 amide bonds. The second-order valence-electron chi connectivity index (χ2n) is 4.66. The number of furan rings is 1. The Kier molecular flexibility index (Phi) is 4.21. The van der Waals surface area contributed by atoms with E-state index in [0.29, 0.717) is 16.7 Å². The molecule has 24 heavy (non-hydrogen) atoms. The third-order valence-electron chi connectivity index (χ3n) is 3.20. The van der Waals surface area contributed by atoms with Gasteiger partial charge in [-0.15, -0.1) is 10.2 Å². The van der Waals surface area contributed by atoms with Crippen LogP contribution in [-0.2, 0) is 7.05 Å². The van der Waals surface area contributed by atoms with E-state index in [1.165, 1.54) is 19.4 Å². The van der Waals surface area contributed by atoms with Crippen LogP contribution in [0.25, 0.3) is 11.6 Å². The second kappa shape index (κ2) is 6.32. The minimum absolute atomic E-state index is 0.0679. The molecule has 10 heteroatoms. The summed E-state index contributed by atoms with van der Waals surface area (Å²) < 4.78 is 25.8. The molecule has 2 aromatic heterocycles. The second-order valence-corrected chi connectivity index (χ2v) is 5.67. The molecule has 0 saturated heterocycles. The fraction of sp³-hybridized carbons (Fsp3) is 0.143. The topological polar surface area (TPSA) is 96.2 Å². The van der Waals surface area contributed by atoms with Crippen LogP contribution in [0.2, 0.25) is 0 Å². The molecule has 0 atom stereocenters. The molecule has 0 N–H and O–H groups in total. The van der Waals surface area contributed by atoms with E-state index in [9.17, 15) is 14.5 Å². The van der Waals surface area contributed by atoms with E-state index in [4.69, 9.17) is 9.15 Å². The van der Waals surface area contributed by atoms with Crippen molar-refractivity contribution in [3.63, 3.8) is 0 Å². The Morgan fingerprint density at radius 3 is 2.83 bits per heavy atom. The minimum atomic E-state index is -0.977. The van der Waals surface area contributed by atoms with Crippen LogP contribution in [0.15, 0.2) is 45.0 Å². The Bertz CT molecular complexity index is 895. The average Bonchev–Trinajstić information content (AvgIpc) is 3.17. The van der Waals surface area contributed by atoms with Gasteiger partial charge in [0.15, 0.2) is 16.7 Å². The van der Waals surface area contributed by atoms with E-state index < -0.39 is 16.4 Å². The van der Waals surface area contributed by atoms with Crippen molar-refractivity contribution in [3.05, 3.63) is 46.5 Å². The lowest BCUT2D eigenvalue weighted by Crippen LogP contribution is -1.98. The molecule has 0 spiro atoms. The molecule has 0 saturated carbocycles. The van der Waals surface area contributed by atoms with E-state index in [1.807, 2.05) is 0 Å². The molecule has 2 heterocycles. The Morgan fingerprint density at radius 2 is 2.21 bits per heavy atom.